The van der Waals surface area contributed by atoms with Crippen LogP contribution in [0.3, 0.4) is 0 Å². The Morgan fingerprint density at radius 1 is 1.32 bits per heavy atom. The Kier molecular flexibility index (Phi) is 4.27. The normalized spacial score (nSPS) is 18.5. The molecule has 6 heteroatoms. The van der Waals surface area contributed by atoms with Gasteiger partial charge in [0, 0.05) is 57.9 Å². The molecule has 0 unspecified atom stereocenters. The summed E-state index contributed by atoms with van der Waals surface area (Å²) in [4.78, 5) is 17.7. The first-order valence-electron chi connectivity index (χ1n) is 7.85. The summed E-state index contributed by atoms with van der Waals surface area (Å²) in [5, 5.41) is 0. The second-order valence-corrected chi connectivity index (χ2v) is 6.28. The third-order valence-corrected chi connectivity index (χ3v) is 4.10. The highest BCUT2D eigenvalue weighted by atomic mass is 15.3. The summed E-state index contributed by atoms with van der Waals surface area (Å²) >= 11 is 0. The van der Waals surface area contributed by atoms with Crippen molar-refractivity contribution in [2.45, 2.75) is 26.3 Å². The van der Waals surface area contributed by atoms with Gasteiger partial charge in [-0.05, 0) is 25.7 Å². The number of piperidine rings is 1. The highest BCUT2D eigenvalue weighted by Crippen LogP contribution is 2.24. The van der Waals surface area contributed by atoms with Crippen molar-refractivity contribution < 1.29 is 0 Å². The van der Waals surface area contributed by atoms with Crippen LogP contribution in [0, 0.1) is 12.8 Å². The minimum Gasteiger partial charge on any atom is -0.356 e. The molecule has 118 valence electrons. The average Bonchev–Trinajstić information content (AvgIpc) is 3.00. The largest absolute Gasteiger partial charge is 0.356 e. The van der Waals surface area contributed by atoms with E-state index in [2.05, 4.69) is 25.5 Å². The van der Waals surface area contributed by atoms with Crippen molar-refractivity contribution in [1.82, 2.24) is 19.5 Å². The van der Waals surface area contributed by atoms with Crippen molar-refractivity contribution in [2.24, 2.45) is 5.92 Å². The fourth-order valence-corrected chi connectivity index (χ4v) is 3.01. The fraction of sp³-hybridized carbons (Fsp3) is 0.562. The van der Waals surface area contributed by atoms with Crippen LogP contribution in [0.1, 0.15) is 18.5 Å². The van der Waals surface area contributed by atoms with Crippen molar-refractivity contribution in [3.63, 3.8) is 0 Å². The Balaban J connectivity index is 1.74. The van der Waals surface area contributed by atoms with Crippen LogP contribution in [0.4, 0.5) is 11.8 Å². The molecule has 0 saturated carbocycles. The van der Waals surface area contributed by atoms with E-state index >= 15 is 0 Å². The molecule has 6 nitrogen and oxygen atoms in total. The van der Waals surface area contributed by atoms with Gasteiger partial charge in [-0.2, -0.15) is 4.98 Å². The van der Waals surface area contributed by atoms with Crippen LogP contribution in [-0.2, 0) is 6.54 Å². The minimum absolute atomic E-state index is 0.640. The predicted octanol–water partition coefficient (Wildman–Crippen LogP) is 1.96. The third kappa shape index (κ3) is 3.37. The molecule has 3 rings (SSSR count). The van der Waals surface area contributed by atoms with Crippen LogP contribution >= 0.6 is 0 Å². The quantitative estimate of drug-likeness (QED) is 0.864. The molecule has 0 aromatic carbocycles. The van der Waals surface area contributed by atoms with Crippen molar-refractivity contribution in [2.75, 3.05) is 37.0 Å². The van der Waals surface area contributed by atoms with Gasteiger partial charge in [-0.25, -0.2) is 9.97 Å². The Morgan fingerprint density at radius 2 is 2.18 bits per heavy atom. The van der Waals surface area contributed by atoms with Gasteiger partial charge >= 0.3 is 0 Å². The van der Waals surface area contributed by atoms with Gasteiger partial charge in [0.1, 0.15) is 5.82 Å². The van der Waals surface area contributed by atoms with E-state index in [1.165, 1.54) is 12.8 Å². The van der Waals surface area contributed by atoms with Gasteiger partial charge in [0.05, 0.1) is 6.33 Å². The first kappa shape index (κ1) is 14.8. The van der Waals surface area contributed by atoms with E-state index in [9.17, 15) is 0 Å². The summed E-state index contributed by atoms with van der Waals surface area (Å²) < 4.78 is 2.17. The number of anilines is 2. The topological polar surface area (TPSA) is 50.1 Å². The maximum absolute atomic E-state index is 4.71. The van der Waals surface area contributed by atoms with Gasteiger partial charge in [-0.3, -0.25) is 0 Å². The fourth-order valence-electron chi connectivity index (χ4n) is 3.01. The Labute approximate surface area is 131 Å². The van der Waals surface area contributed by atoms with E-state index in [4.69, 9.17) is 4.98 Å². The lowest BCUT2D eigenvalue weighted by Crippen LogP contribution is -2.37. The lowest BCUT2D eigenvalue weighted by Gasteiger charge is -2.34. The molecule has 0 spiro atoms. The van der Waals surface area contributed by atoms with E-state index in [0.717, 1.165) is 37.1 Å². The summed E-state index contributed by atoms with van der Waals surface area (Å²) in [6, 6.07) is 2.09. The molecule has 0 bridgehead atoms. The molecule has 0 N–H and O–H groups in total. The SMILES string of the molecule is Cc1cc(N2CCC[C@@H](Cn3ccnc3)C2)nc(N(C)C)n1. The van der Waals surface area contributed by atoms with Gasteiger partial charge in [-0.1, -0.05) is 0 Å². The van der Waals surface area contributed by atoms with Crippen LogP contribution in [-0.4, -0.2) is 46.7 Å². The van der Waals surface area contributed by atoms with Gasteiger partial charge in [0.25, 0.3) is 0 Å². The van der Waals surface area contributed by atoms with Crippen LogP contribution in [0.25, 0.3) is 0 Å². The summed E-state index contributed by atoms with van der Waals surface area (Å²) in [5.74, 6) is 2.47. The second kappa shape index (κ2) is 6.34. The average molecular weight is 300 g/mol. The number of hydrogen-bond donors (Lipinski definition) is 0. The van der Waals surface area contributed by atoms with Crippen LogP contribution in [0.2, 0.25) is 0 Å². The molecular weight excluding hydrogens is 276 g/mol. The van der Waals surface area contributed by atoms with E-state index < -0.39 is 0 Å². The molecular formula is C16H24N6. The Bertz CT molecular complexity index is 607. The lowest BCUT2D eigenvalue weighted by molar-refractivity contribution is 0.365. The van der Waals surface area contributed by atoms with Gasteiger partial charge in [0.15, 0.2) is 0 Å². The number of hydrogen-bond acceptors (Lipinski definition) is 5. The maximum atomic E-state index is 4.71. The molecule has 2 aromatic rings. The molecule has 0 radical (unpaired) electrons. The first-order chi connectivity index (χ1) is 10.6. The predicted molar refractivity (Wildman–Crippen MR) is 88.3 cm³/mol. The van der Waals surface area contributed by atoms with Crippen molar-refractivity contribution in [3.05, 3.63) is 30.5 Å². The van der Waals surface area contributed by atoms with Crippen molar-refractivity contribution >= 4 is 11.8 Å². The van der Waals surface area contributed by atoms with E-state index in [1.54, 1.807) is 0 Å². The zero-order valence-electron chi connectivity index (χ0n) is 13.6. The first-order valence-corrected chi connectivity index (χ1v) is 7.85. The minimum atomic E-state index is 0.640. The van der Waals surface area contributed by atoms with Crippen LogP contribution in [0.15, 0.2) is 24.8 Å². The molecule has 1 aliphatic rings. The standard InChI is InChI=1S/C16H24N6/c1-13-9-15(19-16(18-13)20(2)3)22-7-4-5-14(11-22)10-21-8-6-17-12-21/h6,8-9,12,14H,4-5,7,10-11H2,1-3H3/t14-/m0/s1. The molecule has 0 aliphatic carbocycles. The molecule has 1 fully saturated rings. The molecule has 22 heavy (non-hydrogen) atoms. The zero-order valence-corrected chi connectivity index (χ0v) is 13.6. The number of nitrogens with zero attached hydrogens (tertiary/aromatic N) is 6. The molecule has 0 amide bonds. The molecule has 1 aliphatic heterocycles. The summed E-state index contributed by atoms with van der Waals surface area (Å²) in [6.45, 7) is 5.18. The van der Waals surface area contributed by atoms with Gasteiger partial charge in [-0.15, -0.1) is 0 Å². The number of aromatic nitrogens is 4. The molecule has 1 saturated heterocycles. The van der Waals surface area contributed by atoms with E-state index in [0.29, 0.717) is 5.92 Å². The number of aryl methyl sites for hydroxylation is 1. The Hall–Kier alpha value is -2.11. The summed E-state index contributed by atoms with van der Waals surface area (Å²) in [6.07, 6.45) is 8.26. The highest BCUT2D eigenvalue weighted by Gasteiger charge is 2.22. The van der Waals surface area contributed by atoms with Gasteiger partial charge in [0.2, 0.25) is 5.95 Å². The summed E-state index contributed by atoms with van der Waals surface area (Å²) in [7, 11) is 3.97. The number of rotatable bonds is 4. The molecule has 2 aromatic heterocycles. The summed E-state index contributed by atoms with van der Waals surface area (Å²) in [5.41, 5.74) is 1.02. The zero-order chi connectivity index (χ0) is 15.5. The van der Waals surface area contributed by atoms with Crippen LogP contribution < -0.4 is 9.80 Å². The maximum Gasteiger partial charge on any atom is 0.226 e. The Morgan fingerprint density at radius 3 is 2.91 bits per heavy atom. The van der Waals surface area contributed by atoms with E-state index in [-0.39, 0.29) is 0 Å². The molecule has 3 heterocycles. The number of imidazole rings is 1. The third-order valence-electron chi connectivity index (χ3n) is 4.10. The van der Waals surface area contributed by atoms with E-state index in [1.807, 2.05) is 44.6 Å². The highest BCUT2D eigenvalue weighted by molar-refractivity contribution is 5.45. The van der Waals surface area contributed by atoms with Gasteiger partial charge < -0.3 is 14.4 Å². The lowest BCUT2D eigenvalue weighted by atomic mass is 9.98. The van der Waals surface area contributed by atoms with Crippen molar-refractivity contribution in [1.29, 1.82) is 0 Å². The van der Waals surface area contributed by atoms with Crippen LogP contribution in [0.5, 0.6) is 0 Å². The molecule has 1 atom stereocenters. The van der Waals surface area contributed by atoms with Crippen molar-refractivity contribution in [3.8, 4) is 0 Å². The second-order valence-electron chi connectivity index (χ2n) is 6.28. The smallest absolute Gasteiger partial charge is 0.226 e. The monoisotopic (exact) mass is 300 g/mol.